The normalized spacial score (nSPS) is 19.8. The van der Waals surface area contributed by atoms with Gasteiger partial charge in [0.15, 0.2) is 17.9 Å². The third-order valence-corrected chi connectivity index (χ3v) is 3.06. The number of rotatable bonds is 3. The molecule has 6 heteroatoms. The summed E-state index contributed by atoms with van der Waals surface area (Å²) >= 11 is 0. The van der Waals surface area contributed by atoms with Crippen LogP contribution in [0.1, 0.15) is 43.7 Å². The van der Waals surface area contributed by atoms with Crippen molar-refractivity contribution >= 4 is 0 Å². The predicted octanol–water partition coefficient (Wildman–Crippen LogP) is 2.35. The largest absolute Gasteiger partial charge is 0.447 e. The molecule has 0 aromatic carbocycles. The maximum absolute atomic E-state index is 5.35. The first-order valence-corrected chi connectivity index (χ1v) is 6.11. The summed E-state index contributed by atoms with van der Waals surface area (Å²) < 4.78 is 15.9. The highest BCUT2D eigenvalue weighted by atomic mass is 16.5. The fourth-order valence-corrected chi connectivity index (χ4v) is 2.06. The van der Waals surface area contributed by atoms with E-state index >= 15 is 0 Å². The molecular weight excluding hydrogens is 234 g/mol. The monoisotopic (exact) mass is 249 g/mol. The SMILES string of the molecule is CC(C)c1ocnc1-c1nc(C2CCOC2)no1. The van der Waals surface area contributed by atoms with Crippen LogP contribution in [0.3, 0.4) is 0 Å². The third-order valence-electron chi connectivity index (χ3n) is 3.06. The minimum Gasteiger partial charge on any atom is -0.447 e. The fraction of sp³-hybridized carbons (Fsp3) is 0.583. The highest BCUT2D eigenvalue weighted by Crippen LogP contribution is 2.29. The van der Waals surface area contributed by atoms with Crippen LogP contribution in [0.5, 0.6) is 0 Å². The molecule has 0 bridgehead atoms. The number of aromatic nitrogens is 3. The summed E-state index contributed by atoms with van der Waals surface area (Å²) in [5.41, 5.74) is 0.641. The van der Waals surface area contributed by atoms with Gasteiger partial charge >= 0.3 is 0 Å². The van der Waals surface area contributed by atoms with Crippen molar-refractivity contribution in [3.05, 3.63) is 18.0 Å². The van der Waals surface area contributed by atoms with Crippen molar-refractivity contribution < 1.29 is 13.7 Å². The van der Waals surface area contributed by atoms with E-state index in [1.165, 1.54) is 6.39 Å². The molecule has 6 nitrogen and oxygen atoms in total. The van der Waals surface area contributed by atoms with Crippen LogP contribution in [0, 0.1) is 0 Å². The predicted molar refractivity (Wildman–Crippen MR) is 62.1 cm³/mol. The Labute approximate surface area is 104 Å². The summed E-state index contributed by atoms with van der Waals surface area (Å²) in [4.78, 5) is 8.55. The molecule has 0 aliphatic carbocycles. The summed E-state index contributed by atoms with van der Waals surface area (Å²) in [5.74, 6) is 2.35. The van der Waals surface area contributed by atoms with Crippen LogP contribution >= 0.6 is 0 Å². The highest BCUT2D eigenvalue weighted by molar-refractivity contribution is 5.50. The summed E-state index contributed by atoms with van der Waals surface area (Å²) in [6.07, 6.45) is 2.35. The van der Waals surface area contributed by atoms with E-state index in [-0.39, 0.29) is 11.8 Å². The van der Waals surface area contributed by atoms with E-state index in [2.05, 4.69) is 15.1 Å². The quantitative estimate of drug-likeness (QED) is 0.831. The second-order valence-corrected chi connectivity index (χ2v) is 4.74. The maximum atomic E-state index is 5.35. The van der Waals surface area contributed by atoms with Crippen molar-refractivity contribution in [2.75, 3.05) is 13.2 Å². The lowest BCUT2D eigenvalue weighted by atomic mass is 10.1. The third kappa shape index (κ3) is 1.92. The molecule has 0 amide bonds. The first kappa shape index (κ1) is 11.4. The smallest absolute Gasteiger partial charge is 0.280 e. The van der Waals surface area contributed by atoms with Gasteiger partial charge in [-0.25, -0.2) is 4.98 Å². The van der Waals surface area contributed by atoms with E-state index in [0.717, 1.165) is 18.8 Å². The standard InChI is InChI=1S/C12H15N3O3/c1-7(2)10-9(13-6-17-10)12-14-11(15-18-12)8-3-4-16-5-8/h6-8H,3-5H2,1-2H3. The molecule has 1 aliphatic rings. The highest BCUT2D eigenvalue weighted by Gasteiger charge is 2.25. The van der Waals surface area contributed by atoms with Crippen molar-refractivity contribution in [1.82, 2.24) is 15.1 Å². The second-order valence-electron chi connectivity index (χ2n) is 4.74. The van der Waals surface area contributed by atoms with Crippen LogP contribution in [-0.4, -0.2) is 28.3 Å². The molecule has 0 N–H and O–H groups in total. The van der Waals surface area contributed by atoms with Crippen LogP contribution in [0.25, 0.3) is 11.6 Å². The van der Waals surface area contributed by atoms with Gasteiger partial charge in [0.1, 0.15) is 5.76 Å². The Balaban J connectivity index is 1.90. The van der Waals surface area contributed by atoms with Crippen LogP contribution in [0.2, 0.25) is 0 Å². The Hall–Kier alpha value is -1.69. The van der Waals surface area contributed by atoms with Crippen LogP contribution in [-0.2, 0) is 4.74 Å². The second kappa shape index (κ2) is 4.53. The van der Waals surface area contributed by atoms with E-state index < -0.39 is 0 Å². The lowest BCUT2D eigenvalue weighted by Gasteiger charge is -1.99. The van der Waals surface area contributed by atoms with Gasteiger partial charge in [0.2, 0.25) is 0 Å². The Kier molecular flexibility index (Phi) is 2.87. The van der Waals surface area contributed by atoms with Crippen molar-refractivity contribution in [2.45, 2.75) is 32.1 Å². The van der Waals surface area contributed by atoms with Gasteiger partial charge in [0.05, 0.1) is 6.61 Å². The van der Waals surface area contributed by atoms with Gasteiger partial charge < -0.3 is 13.7 Å². The van der Waals surface area contributed by atoms with Crippen molar-refractivity contribution in [1.29, 1.82) is 0 Å². The molecule has 1 aliphatic heterocycles. The van der Waals surface area contributed by atoms with E-state index in [0.29, 0.717) is 24.0 Å². The first-order chi connectivity index (χ1) is 8.75. The minimum atomic E-state index is 0.229. The van der Waals surface area contributed by atoms with E-state index in [1.54, 1.807) is 0 Å². The van der Waals surface area contributed by atoms with Gasteiger partial charge in [-0.3, -0.25) is 0 Å². The Morgan fingerprint density at radius 1 is 1.39 bits per heavy atom. The van der Waals surface area contributed by atoms with Crippen LogP contribution in [0.15, 0.2) is 15.3 Å². The van der Waals surface area contributed by atoms with Gasteiger partial charge in [-0.05, 0) is 6.42 Å². The number of ether oxygens (including phenoxy) is 1. The number of nitrogens with zero attached hydrogens (tertiary/aromatic N) is 3. The molecule has 1 atom stereocenters. The van der Waals surface area contributed by atoms with Crippen molar-refractivity contribution in [3.63, 3.8) is 0 Å². The summed E-state index contributed by atoms with van der Waals surface area (Å²) in [7, 11) is 0. The van der Waals surface area contributed by atoms with E-state index in [4.69, 9.17) is 13.7 Å². The Bertz CT molecular complexity index is 526. The molecule has 2 aromatic rings. The first-order valence-electron chi connectivity index (χ1n) is 6.11. The van der Waals surface area contributed by atoms with Gasteiger partial charge in [0, 0.05) is 18.4 Å². The summed E-state index contributed by atoms with van der Waals surface area (Å²) in [6.45, 7) is 5.49. The van der Waals surface area contributed by atoms with Gasteiger partial charge in [-0.1, -0.05) is 19.0 Å². The Morgan fingerprint density at radius 3 is 3.00 bits per heavy atom. The zero-order chi connectivity index (χ0) is 12.5. The van der Waals surface area contributed by atoms with Crippen LogP contribution < -0.4 is 0 Å². The molecule has 1 fully saturated rings. The average molecular weight is 249 g/mol. The minimum absolute atomic E-state index is 0.229. The van der Waals surface area contributed by atoms with Gasteiger partial charge in [0.25, 0.3) is 5.89 Å². The number of oxazole rings is 1. The topological polar surface area (TPSA) is 74.2 Å². The van der Waals surface area contributed by atoms with Gasteiger partial charge in [-0.15, -0.1) is 0 Å². The van der Waals surface area contributed by atoms with E-state index in [1.807, 2.05) is 13.8 Å². The zero-order valence-electron chi connectivity index (χ0n) is 10.4. The molecule has 0 saturated carbocycles. The molecule has 96 valence electrons. The molecule has 0 radical (unpaired) electrons. The lowest BCUT2D eigenvalue weighted by molar-refractivity contribution is 0.192. The molecule has 1 saturated heterocycles. The molecular formula is C12H15N3O3. The Morgan fingerprint density at radius 2 is 2.28 bits per heavy atom. The lowest BCUT2D eigenvalue weighted by Crippen LogP contribution is -1.99. The summed E-state index contributed by atoms with van der Waals surface area (Å²) in [6, 6.07) is 0. The molecule has 3 heterocycles. The zero-order valence-corrected chi connectivity index (χ0v) is 10.4. The fourth-order valence-electron chi connectivity index (χ4n) is 2.06. The maximum Gasteiger partial charge on any atom is 0.280 e. The summed E-state index contributed by atoms with van der Waals surface area (Å²) in [5, 5.41) is 4.01. The van der Waals surface area contributed by atoms with Crippen molar-refractivity contribution in [3.8, 4) is 11.6 Å². The molecule has 3 rings (SSSR count). The van der Waals surface area contributed by atoms with E-state index in [9.17, 15) is 0 Å². The molecule has 2 aromatic heterocycles. The molecule has 1 unspecified atom stereocenters. The molecule has 0 spiro atoms. The van der Waals surface area contributed by atoms with Gasteiger partial charge in [-0.2, -0.15) is 4.98 Å². The van der Waals surface area contributed by atoms with Crippen LogP contribution in [0.4, 0.5) is 0 Å². The number of hydrogen-bond donors (Lipinski definition) is 0. The average Bonchev–Trinajstić information content (AvgIpc) is 3.10. The molecule has 18 heavy (non-hydrogen) atoms. The van der Waals surface area contributed by atoms with Crippen molar-refractivity contribution in [2.24, 2.45) is 0 Å². The number of hydrogen-bond acceptors (Lipinski definition) is 6.